The van der Waals surface area contributed by atoms with Crippen LogP contribution in [0.2, 0.25) is 0 Å². The molecule has 2 aromatic rings. The van der Waals surface area contributed by atoms with Gasteiger partial charge in [-0.25, -0.2) is 0 Å². The van der Waals surface area contributed by atoms with E-state index in [1.165, 1.54) is 5.56 Å². The minimum absolute atomic E-state index is 0.0385. The van der Waals surface area contributed by atoms with Crippen molar-refractivity contribution in [2.45, 2.75) is 20.8 Å². The fourth-order valence-electron chi connectivity index (χ4n) is 1.94. The van der Waals surface area contributed by atoms with E-state index in [4.69, 9.17) is 0 Å². The van der Waals surface area contributed by atoms with E-state index in [1.54, 1.807) is 6.92 Å². The summed E-state index contributed by atoms with van der Waals surface area (Å²) in [7, 11) is 0. The lowest BCUT2D eigenvalue weighted by Gasteiger charge is -2.12. The van der Waals surface area contributed by atoms with Gasteiger partial charge in [-0.1, -0.05) is 30.3 Å². The van der Waals surface area contributed by atoms with Gasteiger partial charge in [0.1, 0.15) is 0 Å². The second-order valence-electron chi connectivity index (χ2n) is 4.37. The number of hydrogen-bond acceptors (Lipinski definition) is 2. The molecule has 0 saturated heterocycles. The summed E-state index contributed by atoms with van der Waals surface area (Å²) >= 11 is 0. The average Bonchev–Trinajstić information content (AvgIpc) is 2.31. The molecule has 2 nitrogen and oxygen atoms in total. The number of hydrogen-bond donors (Lipinski definition) is 2. The van der Waals surface area contributed by atoms with E-state index in [1.807, 2.05) is 44.2 Å². The van der Waals surface area contributed by atoms with Crippen LogP contribution in [0, 0.1) is 20.8 Å². The zero-order chi connectivity index (χ0) is 12.6. The fraction of sp³-hybridized carbons (Fsp3) is 0.200. The maximum atomic E-state index is 10.00. The minimum atomic E-state index is -0.0429. The number of benzene rings is 2. The number of phenolic OH excluding ortho intramolecular Hbond substituents is 2. The molecule has 0 amide bonds. The third-order valence-corrected chi connectivity index (χ3v) is 3.25. The Balaban J connectivity index is 2.69. The summed E-state index contributed by atoms with van der Waals surface area (Å²) in [5, 5.41) is 19.8. The summed E-state index contributed by atoms with van der Waals surface area (Å²) in [6.07, 6.45) is 0. The molecule has 0 spiro atoms. The molecule has 0 unspecified atom stereocenters. The summed E-state index contributed by atoms with van der Waals surface area (Å²) in [5.41, 5.74) is 4.59. The second kappa shape index (κ2) is 4.13. The fourth-order valence-corrected chi connectivity index (χ4v) is 1.94. The van der Waals surface area contributed by atoms with E-state index in [-0.39, 0.29) is 11.5 Å². The first-order valence-electron chi connectivity index (χ1n) is 5.60. The first kappa shape index (κ1) is 11.5. The van der Waals surface area contributed by atoms with Crippen molar-refractivity contribution < 1.29 is 10.2 Å². The third-order valence-electron chi connectivity index (χ3n) is 3.25. The van der Waals surface area contributed by atoms with E-state index < -0.39 is 0 Å². The van der Waals surface area contributed by atoms with Crippen LogP contribution in [0.25, 0.3) is 11.1 Å². The standard InChI is InChI=1S/C15H16O2/c1-9-5-4-6-12(11(9)3)13-8-7-10(2)14(16)15(13)17/h4-8,16-17H,1-3H3. The summed E-state index contributed by atoms with van der Waals surface area (Å²) < 4.78 is 0. The maximum Gasteiger partial charge on any atom is 0.165 e. The van der Waals surface area contributed by atoms with E-state index >= 15 is 0 Å². The van der Waals surface area contributed by atoms with Gasteiger partial charge in [0, 0.05) is 5.56 Å². The molecular weight excluding hydrogens is 212 g/mol. The van der Waals surface area contributed by atoms with Crippen molar-refractivity contribution in [3.63, 3.8) is 0 Å². The van der Waals surface area contributed by atoms with E-state index in [0.717, 1.165) is 11.1 Å². The van der Waals surface area contributed by atoms with Gasteiger partial charge in [0.15, 0.2) is 11.5 Å². The van der Waals surface area contributed by atoms with Crippen LogP contribution in [-0.2, 0) is 0 Å². The van der Waals surface area contributed by atoms with Gasteiger partial charge in [0.25, 0.3) is 0 Å². The van der Waals surface area contributed by atoms with Gasteiger partial charge in [0.05, 0.1) is 0 Å². The highest BCUT2D eigenvalue weighted by Gasteiger charge is 2.12. The quantitative estimate of drug-likeness (QED) is 0.731. The van der Waals surface area contributed by atoms with Gasteiger partial charge in [-0.15, -0.1) is 0 Å². The predicted molar refractivity (Wildman–Crippen MR) is 69.4 cm³/mol. The molecule has 2 heteroatoms. The molecular formula is C15H16O2. The molecule has 88 valence electrons. The van der Waals surface area contributed by atoms with Crippen LogP contribution < -0.4 is 0 Å². The normalized spacial score (nSPS) is 10.5. The molecule has 0 aliphatic carbocycles. The van der Waals surface area contributed by atoms with Crippen molar-refractivity contribution in [1.29, 1.82) is 0 Å². The molecule has 0 fully saturated rings. The smallest absolute Gasteiger partial charge is 0.165 e. The number of aryl methyl sites for hydroxylation is 2. The van der Waals surface area contributed by atoms with Crippen molar-refractivity contribution in [3.05, 3.63) is 47.0 Å². The Kier molecular flexibility index (Phi) is 2.80. The van der Waals surface area contributed by atoms with Crippen molar-refractivity contribution in [3.8, 4) is 22.6 Å². The average molecular weight is 228 g/mol. The lowest BCUT2D eigenvalue weighted by atomic mass is 9.95. The van der Waals surface area contributed by atoms with E-state index in [0.29, 0.717) is 11.1 Å². The zero-order valence-electron chi connectivity index (χ0n) is 10.3. The Bertz CT molecular complexity index is 571. The lowest BCUT2D eigenvalue weighted by Crippen LogP contribution is -1.88. The van der Waals surface area contributed by atoms with Crippen LogP contribution in [0.5, 0.6) is 11.5 Å². The summed E-state index contributed by atoms with van der Waals surface area (Å²) in [4.78, 5) is 0. The Morgan fingerprint density at radius 2 is 1.41 bits per heavy atom. The number of aromatic hydroxyl groups is 2. The topological polar surface area (TPSA) is 40.5 Å². The van der Waals surface area contributed by atoms with Gasteiger partial charge in [-0.2, -0.15) is 0 Å². The van der Waals surface area contributed by atoms with Crippen LogP contribution >= 0.6 is 0 Å². The largest absolute Gasteiger partial charge is 0.504 e. The molecule has 0 aromatic heterocycles. The highest BCUT2D eigenvalue weighted by atomic mass is 16.3. The molecule has 0 heterocycles. The van der Waals surface area contributed by atoms with Gasteiger partial charge in [-0.05, 0) is 43.0 Å². The molecule has 17 heavy (non-hydrogen) atoms. The molecule has 0 atom stereocenters. The highest BCUT2D eigenvalue weighted by Crippen LogP contribution is 2.40. The molecule has 0 aliphatic heterocycles. The van der Waals surface area contributed by atoms with Crippen LogP contribution in [0.3, 0.4) is 0 Å². The highest BCUT2D eigenvalue weighted by molar-refractivity contribution is 5.77. The SMILES string of the molecule is Cc1cccc(-c2ccc(C)c(O)c2O)c1C. The van der Waals surface area contributed by atoms with Crippen molar-refractivity contribution in [1.82, 2.24) is 0 Å². The van der Waals surface area contributed by atoms with Gasteiger partial charge in [-0.3, -0.25) is 0 Å². The van der Waals surface area contributed by atoms with Crippen LogP contribution in [0.15, 0.2) is 30.3 Å². The monoisotopic (exact) mass is 228 g/mol. The lowest BCUT2D eigenvalue weighted by molar-refractivity contribution is 0.402. The van der Waals surface area contributed by atoms with Crippen molar-refractivity contribution >= 4 is 0 Å². The number of phenols is 2. The zero-order valence-corrected chi connectivity index (χ0v) is 10.3. The molecule has 0 saturated carbocycles. The van der Waals surface area contributed by atoms with Crippen LogP contribution in [0.4, 0.5) is 0 Å². The Hall–Kier alpha value is -1.96. The summed E-state index contributed by atoms with van der Waals surface area (Å²) in [5.74, 6) is -0.0814. The van der Waals surface area contributed by atoms with Crippen molar-refractivity contribution in [2.24, 2.45) is 0 Å². The Morgan fingerprint density at radius 3 is 2.12 bits per heavy atom. The molecule has 0 bridgehead atoms. The Labute approximate surface area is 101 Å². The van der Waals surface area contributed by atoms with E-state index in [2.05, 4.69) is 0 Å². The minimum Gasteiger partial charge on any atom is -0.504 e. The summed E-state index contributed by atoms with van der Waals surface area (Å²) in [6.45, 7) is 5.81. The maximum absolute atomic E-state index is 10.00. The Morgan fingerprint density at radius 1 is 0.706 bits per heavy atom. The molecule has 2 aromatic carbocycles. The second-order valence-corrected chi connectivity index (χ2v) is 4.37. The number of rotatable bonds is 1. The van der Waals surface area contributed by atoms with E-state index in [9.17, 15) is 10.2 Å². The molecule has 0 aliphatic rings. The van der Waals surface area contributed by atoms with Gasteiger partial charge < -0.3 is 10.2 Å². The molecule has 2 rings (SSSR count). The van der Waals surface area contributed by atoms with Gasteiger partial charge in [0.2, 0.25) is 0 Å². The predicted octanol–water partition coefficient (Wildman–Crippen LogP) is 3.69. The first-order chi connectivity index (χ1) is 8.02. The molecule has 0 radical (unpaired) electrons. The van der Waals surface area contributed by atoms with Gasteiger partial charge >= 0.3 is 0 Å². The first-order valence-corrected chi connectivity index (χ1v) is 5.60. The van der Waals surface area contributed by atoms with Crippen LogP contribution in [0.1, 0.15) is 16.7 Å². The summed E-state index contributed by atoms with van der Waals surface area (Å²) in [6, 6.07) is 9.59. The third kappa shape index (κ3) is 1.86. The van der Waals surface area contributed by atoms with Crippen LogP contribution in [-0.4, -0.2) is 10.2 Å². The molecule has 2 N–H and O–H groups in total. The van der Waals surface area contributed by atoms with Crippen molar-refractivity contribution in [2.75, 3.05) is 0 Å².